The monoisotopic (exact) mass is 872 g/mol. The topological polar surface area (TPSA) is 187 Å². The van der Waals surface area contributed by atoms with Gasteiger partial charge in [0.25, 0.3) is 5.91 Å². The molecule has 0 bridgehead atoms. The van der Waals surface area contributed by atoms with Gasteiger partial charge in [-0.1, -0.05) is 132 Å². The normalized spacial score (nSPS) is 14.0. The Balaban J connectivity index is 1.75. The molecule has 0 saturated carbocycles. The fourth-order valence-corrected chi connectivity index (χ4v) is 6.30. The summed E-state index contributed by atoms with van der Waals surface area (Å²) >= 11 is 0. The van der Waals surface area contributed by atoms with Crippen LogP contribution in [0.5, 0.6) is 0 Å². The van der Waals surface area contributed by atoms with Crippen LogP contribution in [0.25, 0.3) is 0 Å². The minimum absolute atomic E-state index is 0.0291. The maximum Gasteiger partial charge on any atom is 0.408 e. The van der Waals surface area contributed by atoms with E-state index in [1.165, 1.54) is 14.1 Å². The van der Waals surface area contributed by atoms with E-state index in [1.807, 2.05) is 38.1 Å². The number of benzene rings is 3. The number of likely N-dealkylation sites (N-methyl/N-ethyl adjacent to an activating group) is 2. The van der Waals surface area contributed by atoms with Crippen LogP contribution in [0.15, 0.2) is 91.0 Å². The summed E-state index contributed by atoms with van der Waals surface area (Å²) in [5.74, 6) is -5.23. The van der Waals surface area contributed by atoms with Gasteiger partial charge in [0.2, 0.25) is 17.9 Å². The third kappa shape index (κ3) is 17.6. The van der Waals surface area contributed by atoms with Gasteiger partial charge in [-0.2, -0.15) is 0 Å². The van der Waals surface area contributed by atoms with Crippen LogP contribution in [-0.2, 0) is 67.2 Å². The van der Waals surface area contributed by atoms with Crippen LogP contribution in [0.2, 0.25) is 0 Å². The first-order valence-corrected chi connectivity index (χ1v) is 21.3. The van der Waals surface area contributed by atoms with Gasteiger partial charge in [-0.05, 0) is 49.3 Å². The Morgan fingerprint density at radius 1 is 0.587 bits per heavy atom. The number of hydrogen-bond acceptors (Lipinski definition) is 11. The smallest absolute Gasteiger partial charge is 0.408 e. The highest BCUT2D eigenvalue weighted by atomic mass is 16.6. The number of ether oxygens (including phenoxy) is 4. The van der Waals surface area contributed by atoms with Gasteiger partial charge in [0, 0.05) is 26.9 Å². The van der Waals surface area contributed by atoms with Crippen LogP contribution in [0.1, 0.15) is 78.0 Å². The van der Waals surface area contributed by atoms with Crippen molar-refractivity contribution in [2.24, 2.45) is 11.8 Å². The van der Waals surface area contributed by atoms with Crippen molar-refractivity contribution < 1.29 is 52.5 Å². The Morgan fingerprint density at radius 3 is 1.41 bits per heavy atom. The molecule has 0 unspecified atom stereocenters. The van der Waals surface area contributed by atoms with Crippen molar-refractivity contribution in [1.29, 1.82) is 0 Å². The third-order valence-corrected chi connectivity index (χ3v) is 10.3. The number of nitrogens with zero attached hydrogens (tertiary/aromatic N) is 2. The van der Waals surface area contributed by atoms with Crippen LogP contribution < -0.4 is 10.6 Å². The highest BCUT2D eigenvalue weighted by Crippen LogP contribution is 2.17. The second-order valence-corrected chi connectivity index (χ2v) is 16.7. The number of amides is 4. The molecule has 0 radical (unpaired) electrons. The van der Waals surface area contributed by atoms with Gasteiger partial charge in [-0.3, -0.25) is 24.0 Å². The molecule has 3 aromatic carbocycles. The van der Waals surface area contributed by atoms with Crippen LogP contribution in [-0.4, -0.2) is 109 Å². The van der Waals surface area contributed by atoms with Gasteiger partial charge < -0.3 is 39.4 Å². The fraction of sp³-hybridized carbons (Fsp3) is 0.479. The second-order valence-electron chi connectivity index (χ2n) is 16.7. The van der Waals surface area contributed by atoms with Gasteiger partial charge in [-0.15, -0.1) is 0 Å². The maximum atomic E-state index is 14.1. The van der Waals surface area contributed by atoms with Crippen molar-refractivity contribution in [3.63, 3.8) is 0 Å². The first-order chi connectivity index (χ1) is 29.8. The van der Waals surface area contributed by atoms with Crippen LogP contribution in [0.3, 0.4) is 0 Å². The number of esters is 3. The number of nitrogens with one attached hydrogen (secondary N) is 2. The summed E-state index contributed by atoms with van der Waals surface area (Å²) < 4.78 is 22.2. The van der Waals surface area contributed by atoms with Gasteiger partial charge in [0.1, 0.15) is 37.4 Å². The van der Waals surface area contributed by atoms with Crippen molar-refractivity contribution in [2.45, 2.75) is 111 Å². The highest BCUT2D eigenvalue weighted by Gasteiger charge is 2.36. The molecule has 0 spiro atoms. The lowest BCUT2D eigenvalue weighted by Gasteiger charge is -2.30. The molecule has 15 nitrogen and oxygen atoms in total. The van der Waals surface area contributed by atoms with E-state index in [2.05, 4.69) is 10.6 Å². The zero-order valence-corrected chi connectivity index (χ0v) is 38.0. The molecular weight excluding hydrogens is 809 g/mol. The molecule has 4 amide bonds. The van der Waals surface area contributed by atoms with Gasteiger partial charge in [-0.25, -0.2) is 9.59 Å². The molecule has 3 aromatic rings. The third-order valence-electron chi connectivity index (χ3n) is 10.3. The van der Waals surface area contributed by atoms with Crippen LogP contribution in [0.4, 0.5) is 4.79 Å². The van der Waals surface area contributed by atoms with Crippen molar-refractivity contribution in [2.75, 3.05) is 27.2 Å². The van der Waals surface area contributed by atoms with Gasteiger partial charge >= 0.3 is 24.0 Å². The standard InChI is InChI=1S/C48H64N4O11/c1-10-32(3)41(44(56)51(8)30-40(54)62-38(28-35-23-17-13-18-24-35)46(58)60-31-36-25-19-14-20-26-36)49-43(55)37(27-34-21-15-12-16-22-34)61-39(53)29-52(9)45(57)42(33(4)11-2)50-47(59)63-48(5,6)7/h12-26,32-33,37-38,41-42H,10-11,27-31H2,1-9H3,(H,49,55)(H,50,59)/t32-,33-,37-,38-,41+,42+/m1/s1. The molecular formula is C48H64N4O11. The average Bonchev–Trinajstić information content (AvgIpc) is 3.25. The summed E-state index contributed by atoms with van der Waals surface area (Å²) in [4.78, 5) is 96.6. The Hall–Kier alpha value is -6.25. The minimum atomic E-state index is -1.43. The van der Waals surface area contributed by atoms with Crippen LogP contribution >= 0.6 is 0 Å². The molecule has 0 aliphatic rings. The summed E-state index contributed by atoms with van der Waals surface area (Å²) in [5.41, 5.74) is 1.34. The Bertz CT molecular complexity index is 1960. The van der Waals surface area contributed by atoms with E-state index < -0.39 is 90.6 Å². The summed E-state index contributed by atoms with van der Waals surface area (Å²) in [6, 6.07) is 24.7. The molecule has 0 aliphatic carbocycles. The van der Waals surface area contributed by atoms with Gasteiger partial charge in [0.05, 0.1) is 0 Å². The Kier molecular flexibility index (Phi) is 20.3. The van der Waals surface area contributed by atoms with Crippen molar-refractivity contribution in [1.82, 2.24) is 20.4 Å². The first-order valence-electron chi connectivity index (χ1n) is 21.3. The summed E-state index contributed by atoms with van der Waals surface area (Å²) in [6.07, 6.45) is -2.54. The lowest BCUT2D eigenvalue weighted by atomic mass is 9.97. The van der Waals surface area contributed by atoms with Gasteiger partial charge in [0.15, 0.2) is 6.10 Å². The largest absolute Gasteiger partial charge is 0.458 e. The fourth-order valence-electron chi connectivity index (χ4n) is 6.30. The van der Waals surface area contributed by atoms with E-state index in [0.717, 1.165) is 20.9 Å². The maximum absolute atomic E-state index is 14.1. The number of rotatable bonds is 22. The van der Waals surface area contributed by atoms with Crippen molar-refractivity contribution >= 4 is 41.7 Å². The molecule has 3 rings (SSSR count). The molecule has 63 heavy (non-hydrogen) atoms. The zero-order valence-electron chi connectivity index (χ0n) is 38.0. The Labute approximate surface area is 371 Å². The van der Waals surface area contributed by atoms with E-state index >= 15 is 0 Å². The number of carbonyl (C=O) groups excluding carboxylic acids is 7. The lowest BCUT2D eigenvalue weighted by Crippen LogP contribution is -2.55. The molecule has 0 aromatic heterocycles. The van der Waals surface area contributed by atoms with Crippen LogP contribution in [0, 0.1) is 11.8 Å². The van der Waals surface area contributed by atoms with E-state index in [0.29, 0.717) is 18.4 Å². The predicted molar refractivity (Wildman–Crippen MR) is 236 cm³/mol. The molecule has 0 aliphatic heterocycles. The van der Waals surface area contributed by atoms with Crippen molar-refractivity contribution in [3.8, 4) is 0 Å². The number of alkyl carbamates (subject to hydrolysis) is 1. The quantitative estimate of drug-likeness (QED) is 0.0970. The molecule has 2 N–H and O–H groups in total. The van der Waals surface area contributed by atoms with Crippen molar-refractivity contribution in [3.05, 3.63) is 108 Å². The molecule has 15 heteroatoms. The SMILES string of the molecule is CC[C@@H](C)[C@H](NC(=O)OC(C)(C)C)C(=O)N(C)CC(=O)O[C@H](Cc1ccccc1)C(=O)N[C@H](C(=O)N(C)CC(=O)O[C@H](Cc1ccccc1)C(=O)OCc1ccccc1)[C@H](C)CC. The van der Waals surface area contributed by atoms with E-state index in [4.69, 9.17) is 18.9 Å². The molecule has 6 atom stereocenters. The number of carbonyl (C=O) groups is 7. The second kappa shape index (κ2) is 25.0. The summed E-state index contributed by atoms with van der Waals surface area (Å²) in [7, 11) is 2.77. The predicted octanol–water partition coefficient (Wildman–Crippen LogP) is 5.43. The zero-order chi connectivity index (χ0) is 46.7. The Morgan fingerprint density at radius 2 is 0.984 bits per heavy atom. The molecule has 0 saturated heterocycles. The summed E-state index contributed by atoms with van der Waals surface area (Å²) in [6.45, 7) is 11.2. The first kappa shape index (κ1) is 51.1. The molecule has 0 heterocycles. The summed E-state index contributed by atoms with van der Waals surface area (Å²) in [5, 5.41) is 5.37. The van der Waals surface area contributed by atoms with E-state index in [-0.39, 0.29) is 25.4 Å². The van der Waals surface area contributed by atoms with E-state index in [1.54, 1.807) is 101 Å². The highest BCUT2D eigenvalue weighted by molar-refractivity contribution is 5.93. The molecule has 0 fully saturated rings. The van der Waals surface area contributed by atoms with E-state index in [9.17, 15) is 33.6 Å². The number of hydrogen-bond donors (Lipinski definition) is 2. The molecule has 342 valence electrons. The minimum Gasteiger partial charge on any atom is -0.458 e. The average molecular weight is 873 g/mol. The lowest BCUT2D eigenvalue weighted by molar-refractivity contribution is -0.169.